The molecule has 0 saturated carbocycles. The van der Waals surface area contributed by atoms with E-state index >= 15 is 0 Å². The number of ether oxygens (including phenoxy) is 2. The molecule has 5 heteroatoms. The fraction of sp³-hybridized carbons (Fsp3) is 0.375. The highest BCUT2D eigenvalue weighted by atomic mass is 79.9. The lowest BCUT2D eigenvalue weighted by Gasteiger charge is -2.29. The normalized spacial score (nSPS) is 11.9. The van der Waals surface area contributed by atoms with E-state index in [-0.39, 0.29) is 12.0 Å². The van der Waals surface area contributed by atoms with Crippen molar-refractivity contribution in [2.24, 2.45) is 0 Å². The van der Waals surface area contributed by atoms with Crippen molar-refractivity contribution >= 4 is 21.7 Å². The van der Waals surface area contributed by atoms with E-state index in [0.717, 1.165) is 30.2 Å². The summed E-state index contributed by atoms with van der Waals surface area (Å²) >= 11 is 3.41. The van der Waals surface area contributed by atoms with Gasteiger partial charge in [-0.05, 0) is 56.3 Å². The number of carbonyl (C=O) groups excluding carboxylic acids is 1. The molecule has 1 unspecified atom stereocenters. The Bertz CT molecular complexity index is 804. The first-order valence-corrected chi connectivity index (χ1v) is 10.8. The van der Waals surface area contributed by atoms with Crippen molar-refractivity contribution in [2.75, 3.05) is 20.7 Å². The highest BCUT2D eigenvalue weighted by Gasteiger charge is 2.23. The highest BCUT2D eigenvalue weighted by Crippen LogP contribution is 2.32. The first kappa shape index (κ1) is 23.2. The molecule has 0 spiro atoms. The molecule has 156 valence electrons. The Kier molecular flexibility index (Phi) is 9.42. The molecule has 0 bridgehead atoms. The van der Waals surface area contributed by atoms with E-state index < -0.39 is 0 Å². The summed E-state index contributed by atoms with van der Waals surface area (Å²) in [4.78, 5) is 15.4. The number of unbranched alkanes of at least 4 members (excludes halogenated alkanes) is 2. The minimum atomic E-state index is -0.150. The third-order valence-electron chi connectivity index (χ3n) is 4.77. The predicted octanol–water partition coefficient (Wildman–Crippen LogP) is 6.09. The third kappa shape index (κ3) is 6.44. The Morgan fingerprint density at radius 3 is 2.48 bits per heavy atom. The molecule has 0 aliphatic carbocycles. The number of hydrogen-bond acceptors (Lipinski definition) is 4. The van der Waals surface area contributed by atoms with Crippen LogP contribution < -0.4 is 9.47 Å². The topological polar surface area (TPSA) is 38.8 Å². The van der Waals surface area contributed by atoms with Gasteiger partial charge in [0.2, 0.25) is 5.78 Å². The molecule has 29 heavy (non-hydrogen) atoms. The van der Waals surface area contributed by atoms with Crippen molar-refractivity contribution in [3.8, 4) is 11.5 Å². The lowest BCUT2D eigenvalue weighted by molar-refractivity contribution is 0.0430. The quantitative estimate of drug-likeness (QED) is 0.166. The van der Waals surface area contributed by atoms with Crippen molar-refractivity contribution in [3.05, 3.63) is 70.7 Å². The molecule has 4 nitrogen and oxygen atoms in total. The fourth-order valence-corrected chi connectivity index (χ4v) is 3.42. The van der Waals surface area contributed by atoms with Gasteiger partial charge < -0.3 is 9.47 Å². The Morgan fingerprint density at radius 2 is 1.86 bits per heavy atom. The van der Waals surface area contributed by atoms with Gasteiger partial charge in [0.1, 0.15) is 17.1 Å². The van der Waals surface area contributed by atoms with Crippen molar-refractivity contribution in [2.45, 2.75) is 38.8 Å². The van der Waals surface area contributed by atoms with Crippen molar-refractivity contribution in [1.29, 1.82) is 0 Å². The van der Waals surface area contributed by atoms with Crippen LogP contribution in [0.5, 0.6) is 11.5 Å². The summed E-state index contributed by atoms with van der Waals surface area (Å²) in [5, 5.41) is 0. The van der Waals surface area contributed by atoms with E-state index in [2.05, 4.69) is 34.3 Å². The molecule has 0 N–H and O–H groups in total. The van der Waals surface area contributed by atoms with Gasteiger partial charge in [0.25, 0.3) is 0 Å². The fourth-order valence-electron chi connectivity index (χ4n) is 3.15. The highest BCUT2D eigenvalue weighted by molar-refractivity contribution is 9.10. The van der Waals surface area contributed by atoms with Crippen LogP contribution in [0, 0.1) is 0 Å². The van der Waals surface area contributed by atoms with Gasteiger partial charge in [-0.3, -0.25) is 9.69 Å². The van der Waals surface area contributed by atoms with E-state index in [0.29, 0.717) is 29.2 Å². The molecule has 0 saturated heterocycles. The van der Waals surface area contributed by atoms with Gasteiger partial charge in [-0.2, -0.15) is 0 Å². The van der Waals surface area contributed by atoms with Crippen LogP contribution in [0.2, 0.25) is 0 Å². The smallest absolute Gasteiger partial charge is 0.200 e. The maximum atomic E-state index is 13.3. The zero-order chi connectivity index (χ0) is 21.2. The Balaban J connectivity index is 2.38. The predicted molar refractivity (Wildman–Crippen MR) is 122 cm³/mol. The number of rotatable bonds is 12. The summed E-state index contributed by atoms with van der Waals surface area (Å²) in [6, 6.07) is 12.8. The summed E-state index contributed by atoms with van der Waals surface area (Å²) in [7, 11) is 3.58. The second-order valence-corrected chi connectivity index (χ2v) is 7.88. The molecule has 2 aromatic carbocycles. The lowest BCUT2D eigenvalue weighted by Crippen LogP contribution is -2.37. The molecule has 0 aliphatic heterocycles. The average Bonchev–Trinajstić information content (AvgIpc) is 2.73. The van der Waals surface area contributed by atoms with Gasteiger partial charge in [-0.15, -0.1) is 6.58 Å². The molecule has 0 aliphatic rings. The van der Waals surface area contributed by atoms with Crippen LogP contribution in [0.4, 0.5) is 0 Å². The monoisotopic (exact) mass is 459 g/mol. The SMILES string of the molecule is C=CCN(C)C(CCCCC)Oc1cccc(OC)c1C(=O)c1ccc(Br)cc1. The number of ketones is 1. The summed E-state index contributed by atoms with van der Waals surface area (Å²) in [5.74, 6) is 0.924. The Labute approximate surface area is 182 Å². The van der Waals surface area contributed by atoms with Gasteiger partial charge >= 0.3 is 0 Å². The maximum absolute atomic E-state index is 13.3. The molecule has 0 aromatic heterocycles. The van der Waals surface area contributed by atoms with Crippen LogP contribution in [0.1, 0.15) is 48.5 Å². The van der Waals surface area contributed by atoms with Crippen LogP contribution in [-0.2, 0) is 0 Å². The minimum Gasteiger partial charge on any atom is -0.496 e. The van der Waals surface area contributed by atoms with Gasteiger partial charge in [-0.1, -0.05) is 47.8 Å². The first-order chi connectivity index (χ1) is 14.0. The summed E-state index contributed by atoms with van der Waals surface area (Å²) in [5.41, 5.74) is 1.04. The number of benzene rings is 2. The minimum absolute atomic E-state index is 0.122. The zero-order valence-corrected chi connectivity index (χ0v) is 19.1. The zero-order valence-electron chi connectivity index (χ0n) is 17.5. The number of halogens is 1. The van der Waals surface area contributed by atoms with Crippen LogP contribution in [-0.4, -0.2) is 37.6 Å². The summed E-state index contributed by atoms with van der Waals surface area (Å²) < 4.78 is 12.8. The molecule has 2 aromatic rings. The average molecular weight is 460 g/mol. The van der Waals surface area contributed by atoms with E-state index in [1.165, 1.54) is 0 Å². The number of nitrogens with zero attached hydrogens (tertiary/aromatic N) is 1. The van der Waals surface area contributed by atoms with Gasteiger partial charge in [0.15, 0.2) is 6.23 Å². The van der Waals surface area contributed by atoms with Crippen LogP contribution in [0.15, 0.2) is 59.6 Å². The molecule has 1 atom stereocenters. The number of likely N-dealkylation sites (N-methyl/N-ethyl adjacent to an activating group) is 1. The van der Waals surface area contributed by atoms with Gasteiger partial charge in [0.05, 0.1) is 7.11 Å². The van der Waals surface area contributed by atoms with Crippen molar-refractivity contribution < 1.29 is 14.3 Å². The molecule has 0 heterocycles. The van der Waals surface area contributed by atoms with Crippen molar-refractivity contribution in [1.82, 2.24) is 4.90 Å². The van der Waals surface area contributed by atoms with Gasteiger partial charge in [0, 0.05) is 16.6 Å². The largest absolute Gasteiger partial charge is 0.496 e. The number of methoxy groups -OCH3 is 1. The second-order valence-electron chi connectivity index (χ2n) is 6.97. The van der Waals surface area contributed by atoms with E-state index in [9.17, 15) is 4.79 Å². The molecule has 0 fully saturated rings. The Hall–Kier alpha value is -2.11. The Morgan fingerprint density at radius 1 is 1.17 bits per heavy atom. The van der Waals surface area contributed by atoms with Crippen LogP contribution in [0.3, 0.4) is 0 Å². The summed E-state index contributed by atoms with van der Waals surface area (Å²) in [6.07, 6.45) is 5.93. The molecular weight excluding hydrogens is 430 g/mol. The molecule has 0 amide bonds. The molecule has 0 radical (unpaired) electrons. The van der Waals surface area contributed by atoms with E-state index in [4.69, 9.17) is 9.47 Å². The lowest BCUT2D eigenvalue weighted by atomic mass is 10.0. The van der Waals surface area contributed by atoms with Crippen molar-refractivity contribution in [3.63, 3.8) is 0 Å². The molecular formula is C24H30BrNO3. The number of carbonyl (C=O) groups is 1. The summed E-state index contributed by atoms with van der Waals surface area (Å²) in [6.45, 7) is 6.72. The maximum Gasteiger partial charge on any atom is 0.200 e. The number of hydrogen-bond donors (Lipinski definition) is 0. The van der Waals surface area contributed by atoms with Crippen LogP contribution >= 0.6 is 15.9 Å². The van der Waals surface area contributed by atoms with Gasteiger partial charge in [-0.25, -0.2) is 0 Å². The molecule has 2 rings (SSSR count). The van der Waals surface area contributed by atoms with E-state index in [1.54, 1.807) is 25.3 Å². The first-order valence-electron chi connectivity index (χ1n) is 9.96. The standard InChI is InChI=1S/C24H30BrNO3/c1-5-7-8-12-22(26(3)17-6-2)29-21-11-9-10-20(28-4)23(21)24(27)18-13-15-19(25)16-14-18/h6,9-11,13-16,22H,2,5,7-8,12,17H2,1,3-4H3. The second kappa shape index (κ2) is 11.8. The van der Waals surface area contributed by atoms with E-state index in [1.807, 2.05) is 37.4 Å². The van der Waals surface area contributed by atoms with Crippen LogP contribution in [0.25, 0.3) is 0 Å². The third-order valence-corrected chi connectivity index (χ3v) is 5.30.